The standard InChI is InChI=1S/C15H22F3N3/c1-2-5-20-6-8-21(9-7-20)14-4-3-12(11-19)10-13(14)15(16,17)18/h3-4,10H,2,5-9,11,19H2,1H3. The van der Waals surface area contributed by atoms with E-state index in [1.165, 1.54) is 6.07 Å². The molecule has 3 nitrogen and oxygen atoms in total. The maximum atomic E-state index is 13.2. The molecule has 0 amide bonds. The van der Waals surface area contributed by atoms with Gasteiger partial charge in [-0.25, -0.2) is 0 Å². The van der Waals surface area contributed by atoms with Crippen LogP contribution in [-0.4, -0.2) is 37.6 Å². The number of anilines is 1. The fraction of sp³-hybridized carbons (Fsp3) is 0.600. The van der Waals surface area contributed by atoms with Gasteiger partial charge in [0.05, 0.1) is 5.56 Å². The molecule has 0 unspecified atom stereocenters. The molecular formula is C15H22F3N3. The van der Waals surface area contributed by atoms with Crippen molar-refractivity contribution >= 4 is 5.69 Å². The number of alkyl halides is 3. The smallest absolute Gasteiger partial charge is 0.368 e. The molecule has 21 heavy (non-hydrogen) atoms. The van der Waals surface area contributed by atoms with E-state index in [0.717, 1.165) is 26.1 Å². The number of halogens is 3. The summed E-state index contributed by atoms with van der Waals surface area (Å²) in [6.07, 6.45) is -3.28. The molecule has 2 N–H and O–H groups in total. The topological polar surface area (TPSA) is 32.5 Å². The Hall–Kier alpha value is -1.27. The number of piperazine rings is 1. The molecule has 1 saturated heterocycles. The van der Waals surface area contributed by atoms with Crippen molar-refractivity contribution in [3.05, 3.63) is 29.3 Å². The molecule has 1 aliphatic rings. The van der Waals surface area contributed by atoms with Crippen LogP contribution >= 0.6 is 0 Å². The van der Waals surface area contributed by atoms with Crippen LogP contribution in [0.5, 0.6) is 0 Å². The van der Waals surface area contributed by atoms with Crippen molar-refractivity contribution in [2.75, 3.05) is 37.6 Å². The van der Waals surface area contributed by atoms with Crippen molar-refractivity contribution in [2.45, 2.75) is 26.1 Å². The largest absolute Gasteiger partial charge is 0.418 e. The molecule has 1 aromatic rings. The summed E-state index contributed by atoms with van der Waals surface area (Å²) in [5.41, 5.74) is 5.66. The molecule has 118 valence electrons. The van der Waals surface area contributed by atoms with Crippen LogP contribution in [0.2, 0.25) is 0 Å². The normalized spacial score (nSPS) is 17.3. The van der Waals surface area contributed by atoms with E-state index in [2.05, 4.69) is 11.8 Å². The summed E-state index contributed by atoms with van der Waals surface area (Å²) in [7, 11) is 0. The quantitative estimate of drug-likeness (QED) is 0.928. The predicted molar refractivity (Wildman–Crippen MR) is 78.3 cm³/mol. The molecule has 1 fully saturated rings. The SMILES string of the molecule is CCCN1CCN(c2ccc(CN)cc2C(F)(F)F)CC1. The van der Waals surface area contributed by atoms with Gasteiger partial charge in [0, 0.05) is 38.4 Å². The number of nitrogens with zero attached hydrogens (tertiary/aromatic N) is 2. The fourth-order valence-electron chi connectivity index (χ4n) is 2.74. The Kier molecular flexibility index (Phi) is 5.11. The lowest BCUT2D eigenvalue weighted by Gasteiger charge is -2.37. The van der Waals surface area contributed by atoms with E-state index in [1.807, 2.05) is 4.90 Å². The van der Waals surface area contributed by atoms with Crippen LogP contribution in [0.1, 0.15) is 24.5 Å². The van der Waals surface area contributed by atoms with E-state index >= 15 is 0 Å². The summed E-state index contributed by atoms with van der Waals surface area (Å²) >= 11 is 0. The average molecular weight is 301 g/mol. The summed E-state index contributed by atoms with van der Waals surface area (Å²) in [5.74, 6) is 0. The van der Waals surface area contributed by atoms with E-state index in [4.69, 9.17) is 5.73 Å². The molecule has 2 rings (SSSR count). The molecule has 0 saturated carbocycles. The zero-order chi connectivity index (χ0) is 15.5. The Labute approximate surface area is 123 Å². The molecular weight excluding hydrogens is 279 g/mol. The Bertz CT molecular complexity index is 466. The minimum atomic E-state index is -4.35. The molecule has 0 aromatic heterocycles. The van der Waals surface area contributed by atoms with Gasteiger partial charge in [-0.15, -0.1) is 0 Å². The zero-order valence-corrected chi connectivity index (χ0v) is 12.3. The molecule has 0 bridgehead atoms. The molecule has 1 aliphatic heterocycles. The predicted octanol–water partition coefficient (Wildman–Crippen LogP) is 2.70. The first kappa shape index (κ1) is 16.1. The number of nitrogens with two attached hydrogens (primary N) is 1. The Morgan fingerprint density at radius 3 is 2.33 bits per heavy atom. The van der Waals surface area contributed by atoms with E-state index in [-0.39, 0.29) is 12.2 Å². The van der Waals surface area contributed by atoms with Crippen molar-refractivity contribution in [1.29, 1.82) is 0 Å². The maximum absolute atomic E-state index is 13.2. The van der Waals surface area contributed by atoms with Gasteiger partial charge in [-0.05, 0) is 30.7 Å². The molecule has 0 radical (unpaired) electrons. The van der Waals surface area contributed by atoms with Gasteiger partial charge in [-0.1, -0.05) is 13.0 Å². The average Bonchev–Trinajstić information content (AvgIpc) is 2.47. The first-order chi connectivity index (χ1) is 9.95. The lowest BCUT2D eigenvalue weighted by atomic mass is 10.1. The van der Waals surface area contributed by atoms with Crippen molar-refractivity contribution < 1.29 is 13.2 Å². The number of hydrogen-bond donors (Lipinski definition) is 1. The van der Waals surface area contributed by atoms with Gasteiger partial charge < -0.3 is 10.6 Å². The van der Waals surface area contributed by atoms with Crippen LogP contribution in [0.25, 0.3) is 0 Å². The van der Waals surface area contributed by atoms with Crippen LogP contribution in [0.15, 0.2) is 18.2 Å². The fourth-order valence-corrected chi connectivity index (χ4v) is 2.74. The minimum Gasteiger partial charge on any atom is -0.368 e. The number of benzene rings is 1. The second-order valence-electron chi connectivity index (χ2n) is 5.38. The van der Waals surface area contributed by atoms with Crippen molar-refractivity contribution in [3.8, 4) is 0 Å². The third-order valence-electron chi connectivity index (χ3n) is 3.85. The van der Waals surface area contributed by atoms with E-state index in [0.29, 0.717) is 18.7 Å². The molecule has 1 aromatic carbocycles. The maximum Gasteiger partial charge on any atom is 0.418 e. The second-order valence-corrected chi connectivity index (χ2v) is 5.38. The third kappa shape index (κ3) is 3.89. The highest BCUT2D eigenvalue weighted by molar-refractivity contribution is 5.56. The Balaban J connectivity index is 2.20. The Morgan fingerprint density at radius 1 is 1.14 bits per heavy atom. The minimum absolute atomic E-state index is 0.119. The van der Waals surface area contributed by atoms with E-state index < -0.39 is 11.7 Å². The van der Waals surface area contributed by atoms with Gasteiger partial charge in [0.2, 0.25) is 0 Å². The lowest BCUT2D eigenvalue weighted by Crippen LogP contribution is -2.47. The van der Waals surface area contributed by atoms with Gasteiger partial charge in [-0.2, -0.15) is 13.2 Å². The number of hydrogen-bond acceptors (Lipinski definition) is 3. The van der Waals surface area contributed by atoms with E-state index in [9.17, 15) is 13.2 Å². The van der Waals surface area contributed by atoms with Crippen molar-refractivity contribution in [2.24, 2.45) is 5.73 Å². The van der Waals surface area contributed by atoms with Gasteiger partial charge in [0.25, 0.3) is 0 Å². The third-order valence-corrected chi connectivity index (χ3v) is 3.85. The summed E-state index contributed by atoms with van der Waals surface area (Å²) < 4.78 is 39.7. The van der Waals surface area contributed by atoms with Crippen LogP contribution in [0, 0.1) is 0 Å². The lowest BCUT2D eigenvalue weighted by molar-refractivity contribution is -0.137. The van der Waals surface area contributed by atoms with Crippen LogP contribution < -0.4 is 10.6 Å². The van der Waals surface area contributed by atoms with Gasteiger partial charge in [0.15, 0.2) is 0 Å². The monoisotopic (exact) mass is 301 g/mol. The second kappa shape index (κ2) is 6.66. The van der Waals surface area contributed by atoms with Gasteiger partial charge >= 0.3 is 6.18 Å². The molecule has 0 spiro atoms. The highest BCUT2D eigenvalue weighted by atomic mass is 19.4. The summed E-state index contributed by atoms with van der Waals surface area (Å²) in [6, 6.07) is 4.41. The Morgan fingerprint density at radius 2 is 1.81 bits per heavy atom. The van der Waals surface area contributed by atoms with Gasteiger partial charge in [0.1, 0.15) is 0 Å². The molecule has 6 heteroatoms. The van der Waals surface area contributed by atoms with Crippen LogP contribution in [0.3, 0.4) is 0 Å². The molecule has 0 atom stereocenters. The van der Waals surface area contributed by atoms with Crippen LogP contribution in [-0.2, 0) is 12.7 Å². The van der Waals surface area contributed by atoms with Crippen molar-refractivity contribution in [3.63, 3.8) is 0 Å². The highest BCUT2D eigenvalue weighted by Crippen LogP contribution is 2.37. The summed E-state index contributed by atoms with van der Waals surface area (Å²) in [6.45, 7) is 6.11. The zero-order valence-electron chi connectivity index (χ0n) is 12.3. The molecule has 0 aliphatic carbocycles. The summed E-state index contributed by atoms with van der Waals surface area (Å²) in [5, 5.41) is 0. The first-order valence-electron chi connectivity index (χ1n) is 7.33. The van der Waals surface area contributed by atoms with E-state index in [1.54, 1.807) is 12.1 Å². The number of rotatable bonds is 4. The summed E-state index contributed by atoms with van der Waals surface area (Å²) in [4.78, 5) is 4.12. The first-order valence-corrected chi connectivity index (χ1v) is 7.33. The van der Waals surface area contributed by atoms with Crippen molar-refractivity contribution in [1.82, 2.24) is 4.90 Å². The van der Waals surface area contributed by atoms with Gasteiger partial charge in [-0.3, -0.25) is 4.90 Å². The highest BCUT2D eigenvalue weighted by Gasteiger charge is 2.35. The molecule has 1 heterocycles. The van der Waals surface area contributed by atoms with Crippen LogP contribution in [0.4, 0.5) is 18.9 Å².